The van der Waals surface area contributed by atoms with E-state index in [1.165, 1.54) is 25.7 Å². The normalized spacial score (nSPS) is 45.0. The van der Waals surface area contributed by atoms with Crippen molar-refractivity contribution in [2.45, 2.75) is 62.8 Å². The predicted molar refractivity (Wildman–Crippen MR) is 61.6 cm³/mol. The lowest BCUT2D eigenvalue weighted by atomic mass is 9.73. The number of alkyl halides is 1. The van der Waals surface area contributed by atoms with E-state index in [1.54, 1.807) is 0 Å². The van der Waals surface area contributed by atoms with Crippen molar-refractivity contribution in [1.82, 2.24) is 0 Å². The Balaban J connectivity index is 1.78. The van der Waals surface area contributed by atoms with Crippen LogP contribution in [0.2, 0.25) is 0 Å². The van der Waals surface area contributed by atoms with Crippen molar-refractivity contribution in [2.75, 3.05) is 0 Å². The smallest absolute Gasteiger partial charge is 0.100 e. The van der Waals surface area contributed by atoms with Gasteiger partial charge < -0.3 is 0 Å². The number of thiol groups is 1. The van der Waals surface area contributed by atoms with Crippen LogP contribution in [0.1, 0.15) is 51.4 Å². The van der Waals surface area contributed by atoms with Gasteiger partial charge in [-0.15, -0.1) is 0 Å². The standard InChI is InChI=1S/C12H21FS/c13-11-5-1-9(2-6-11)10-3-7-12(14)8-4-10/h9-12,14H,1-8H2. The molecule has 0 atom stereocenters. The molecule has 2 saturated carbocycles. The van der Waals surface area contributed by atoms with E-state index in [9.17, 15) is 4.39 Å². The zero-order valence-corrected chi connectivity index (χ0v) is 9.69. The topological polar surface area (TPSA) is 0 Å². The van der Waals surface area contributed by atoms with Crippen molar-refractivity contribution in [3.8, 4) is 0 Å². The number of hydrogen-bond acceptors (Lipinski definition) is 1. The molecular weight excluding hydrogens is 195 g/mol. The summed E-state index contributed by atoms with van der Waals surface area (Å²) < 4.78 is 13.0. The fourth-order valence-corrected chi connectivity index (χ4v) is 3.42. The third-order valence-electron chi connectivity index (χ3n) is 4.11. The van der Waals surface area contributed by atoms with E-state index in [1.807, 2.05) is 0 Å². The van der Waals surface area contributed by atoms with Crippen LogP contribution in [0.4, 0.5) is 4.39 Å². The number of halogens is 1. The Kier molecular flexibility index (Phi) is 3.75. The lowest BCUT2D eigenvalue weighted by Crippen LogP contribution is -2.26. The predicted octanol–water partition coefficient (Wildman–Crippen LogP) is 4.00. The van der Waals surface area contributed by atoms with Gasteiger partial charge in [0.25, 0.3) is 0 Å². The lowest BCUT2D eigenvalue weighted by Gasteiger charge is -2.35. The number of rotatable bonds is 1. The first kappa shape index (κ1) is 10.8. The summed E-state index contributed by atoms with van der Waals surface area (Å²) in [6.07, 6.45) is 8.69. The maximum Gasteiger partial charge on any atom is 0.100 e. The molecular formula is C12H21FS. The molecule has 2 aliphatic carbocycles. The third-order valence-corrected chi connectivity index (χ3v) is 4.63. The van der Waals surface area contributed by atoms with Crippen LogP contribution in [0.15, 0.2) is 0 Å². The molecule has 0 bridgehead atoms. The largest absolute Gasteiger partial charge is 0.247 e. The van der Waals surface area contributed by atoms with Gasteiger partial charge in [0.15, 0.2) is 0 Å². The summed E-state index contributed by atoms with van der Waals surface area (Å²) in [5, 5.41) is 0.642. The molecule has 0 aromatic rings. The second-order valence-corrected chi connectivity index (χ2v) is 5.81. The summed E-state index contributed by atoms with van der Waals surface area (Å²) in [5.74, 6) is 1.73. The molecule has 0 unspecified atom stereocenters. The maximum atomic E-state index is 13.0. The second-order valence-electron chi connectivity index (χ2n) is 5.08. The van der Waals surface area contributed by atoms with Crippen LogP contribution in [0.3, 0.4) is 0 Å². The van der Waals surface area contributed by atoms with E-state index >= 15 is 0 Å². The van der Waals surface area contributed by atoms with Crippen LogP contribution in [-0.2, 0) is 0 Å². The van der Waals surface area contributed by atoms with Gasteiger partial charge in [0.05, 0.1) is 0 Å². The van der Waals surface area contributed by atoms with Gasteiger partial charge in [0.2, 0.25) is 0 Å². The first-order valence-corrected chi connectivity index (χ1v) is 6.59. The van der Waals surface area contributed by atoms with Crippen LogP contribution in [-0.4, -0.2) is 11.4 Å². The minimum Gasteiger partial charge on any atom is -0.247 e. The van der Waals surface area contributed by atoms with Gasteiger partial charge in [0, 0.05) is 5.25 Å². The molecule has 0 aliphatic heterocycles. The van der Waals surface area contributed by atoms with Crippen molar-refractivity contribution >= 4 is 12.6 Å². The highest BCUT2D eigenvalue weighted by Gasteiger charge is 2.29. The molecule has 2 heteroatoms. The fourth-order valence-electron chi connectivity index (χ4n) is 3.12. The van der Waals surface area contributed by atoms with E-state index in [2.05, 4.69) is 12.6 Å². The fraction of sp³-hybridized carbons (Fsp3) is 1.00. The molecule has 82 valence electrons. The molecule has 0 amide bonds. The quantitative estimate of drug-likeness (QED) is 0.629. The van der Waals surface area contributed by atoms with Crippen LogP contribution >= 0.6 is 12.6 Å². The molecule has 0 N–H and O–H groups in total. The Bertz CT molecular complexity index is 147. The summed E-state index contributed by atoms with van der Waals surface area (Å²) in [6, 6.07) is 0. The van der Waals surface area contributed by atoms with Crippen molar-refractivity contribution in [1.29, 1.82) is 0 Å². The molecule has 2 rings (SSSR count). The van der Waals surface area contributed by atoms with Crippen molar-refractivity contribution in [2.24, 2.45) is 11.8 Å². The first-order chi connectivity index (χ1) is 6.75. The van der Waals surface area contributed by atoms with Crippen LogP contribution in [0, 0.1) is 11.8 Å². The summed E-state index contributed by atoms with van der Waals surface area (Å²) in [6.45, 7) is 0. The van der Waals surface area contributed by atoms with Crippen LogP contribution < -0.4 is 0 Å². The number of hydrogen-bond donors (Lipinski definition) is 1. The summed E-state index contributed by atoms with van der Waals surface area (Å²) in [5.41, 5.74) is 0. The van der Waals surface area contributed by atoms with Gasteiger partial charge in [-0.2, -0.15) is 12.6 Å². The maximum absolute atomic E-state index is 13.0. The van der Waals surface area contributed by atoms with E-state index in [-0.39, 0.29) is 0 Å². The van der Waals surface area contributed by atoms with Crippen molar-refractivity contribution in [3.05, 3.63) is 0 Å². The van der Waals surface area contributed by atoms with Gasteiger partial charge in [-0.25, -0.2) is 4.39 Å². The first-order valence-electron chi connectivity index (χ1n) is 6.08. The third kappa shape index (κ3) is 2.65. The molecule has 0 heterocycles. The Labute approximate surface area is 92.1 Å². The molecule has 0 spiro atoms. The van der Waals surface area contributed by atoms with Crippen LogP contribution in [0.25, 0.3) is 0 Å². The molecule has 2 fully saturated rings. The monoisotopic (exact) mass is 216 g/mol. The van der Waals surface area contributed by atoms with E-state index < -0.39 is 6.17 Å². The second kappa shape index (κ2) is 4.87. The summed E-state index contributed by atoms with van der Waals surface area (Å²) in [7, 11) is 0. The average molecular weight is 216 g/mol. The zero-order valence-electron chi connectivity index (χ0n) is 8.79. The van der Waals surface area contributed by atoms with E-state index in [0.717, 1.165) is 37.5 Å². The highest BCUT2D eigenvalue weighted by Crippen LogP contribution is 2.39. The van der Waals surface area contributed by atoms with Gasteiger partial charge >= 0.3 is 0 Å². The van der Waals surface area contributed by atoms with Gasteiger partial charge in [-0.3, -0.25) is 0 Å². The molecule has 0 aromatic carbocycles. The summed E-state index contributed by atoms with van der Waals surface area (Å²) in [4.78, 5) is 0. The molecule has 0 nitrogen and oxygen atoms in total. The Morgan fingerprint density at radius 3 is 1.64 bits per heavy atom. The van der Waals surface area contributed by atoms with E-state index in [0.29, 0.717) is 5.25 Å². The van der Waals surface area contributed by atoms with Crippen molar-refractivity contribution < 1.29 is 4.39 Å². The van der Waals surface area contributed by atoms with E-state index in [4.69, 9.17) is 0 Å². The lowest BCUT2D eigenvalue weighted by molar-refractivity contribution is 0.144. The Morgan fingerprint density at radius 2 is 1.14 bits per heavy atom. The Hall–Kier alpha value is 0.280. The van der Waals surface area contributed by atoms with Gasteiger partial charge in [0.1, 0.15) is 6.17 Å². The highest BCUT2D eigenvalue weighted by molar-refractivity contribution is 7.80. The molecule has 0 saturated heterocycles. The minimum atomic E-state index is -0.493. The molecule has 2 aliphatic rings. The minimum absolute atomic E-state index is 0.493. The molecule has 0 aromatic heterocycles. The zero-order chi connectivity index (χ0) is 9.97. The Morgan fingerprint density at radius 1 is 0.714 bits per heavy atom. The summed E-state index contributed by atoms with van der Waals surface area (Å²) >= 11 is 4.52. The van der Waals surface area contributed by atoms with Crippen LogP contribution in [0.5, 0.6) is 0 Å². The van der Waals surface area contributed by atoms with Gasteiger partial charge in [-0.1, -0.05) is 0 Å². The van der Waals surface area contributed by atoms with Crippen molar-refractivity contribution in [3.63, 3.8) is 0 Å². The molecule has 14 heavy (non-hydrogen) atoms. The average Bonchev–Trinajstić information content (AvgIpc) is 2.21. The van der Waals surface area contributed by atoms with Gasteiger partial charge in [-0.05, 0) is 63.2 Å². The highest BCUT2D eigenvalue weighted by atomic mass is 32.1. The molecule has 0 radical (unpaired) electrons. The SMILES string of the molecule is FC1CCC(C2CCC(S)CC2)CC1.